The lowest BCUT2D eigenvalue weighted by molar-refractivity contribution is -0.121. The van der Waals surface area contributed by atoms with Crippen LogP contribution in [0.5, 0.6) is 0 Å². The highest BCUT2D eigenvalue weighted by molar-refractivity contribution is 5.10. The van der Waals surface area contributed by atoms with E-state index >= 15 is 0 Å². The minimum absolute atomic E-state index is 0.161. The summed E-state index contributed by atoms with van der Waals surface area (Å²) in [5.41, 5.74) is -0.406. The molecule has 0 spiro atoms. The average Bonchev–Trinajstić information content (AvgIpc) is 3.07. The van der Waals surface area contributed by atoms with Crippen LogP contribution in [0.2, 0.25) is 0 Å². The number of hydrogen-bond donors (Lipinski definition) is 1. The Morgan fingerprint density at radius 3 is 2.71 bits per heavy atom. The molecular formula is C17H30N4O3. The first-order chi connectivity index (χ1) is 11.5. The van der Waals surface area contributed by atoms with Crippen molar-refractivity contribution in [1.29, 1.82) is 0 Å². The number of β-amino-alcohol motifs (C(OH)–C–C–N with tert-alkyl or cyclic N) is 1. The topological polar surface area (TPSA) is 72.6 Å². The van der Waals surface area contributed by atoms with E-state index in [0.717, 1.165) is 52.0 Å². The van der Waals surface area contributed by atoms with Crippen LogP contribution in [-0.2, 0) is 15.1 Å². The zero-order chi connectivity index (χ0) is 17.2. The van der Waals surface area contributed by atoms with Gasteiger partial charge in [-0.2, -0.15) is 0 Å². The number of ether oxygens (including phenoxy) is 2. The van der Waals surface area contributed by atoms with Crippen molar-refractivity contribution in [3.63, 3.8) is 0 Å². The molecule has 24 heavy (non-hydrogen) atoms. The molecule has 2 saturated heterocycles. The van der Waals surface area contributed by atoms with Crippen molar-refractivity contribution in [2.24, 2.45) is 0 Å². The third-order valence-corrected chi connectivity index (χ3v) is 5.41. The normalized spacial score (nSPS) is 28.4. The van der Waals surface area contributed by atoms with E-state index in [2.05, 4.69) is 29.1 Å². The van der Waals surface area contributed by atoms with Gasteiger partial charge in [0.15, 0.2) is 0 Å². The van der Waals surface area contributed by atoms with Crippen LogP contribution in [0.1, 0.15) is 51.3 Å². The van der Waals surface area contributed by atoms with E-state index in [9.17, 15) is 5.11 Å². The van der Waals surface area contributed by atoms with Crippen LogP contribution in [0.4, 0.5) is 0 Å². The van der Waals surface area contributed by atoms with Gasteiger partial charge in [-0.3, -0.25) is 4.90 Å². The van der Waals surface area contributed by atoms with Gasteiger partial charge in [-0.1, -0.05) is 5.21 Å². The van der Waals surface area contributed by atoms with E-state index in [1.807, 2.05) is 6.20 Å². The Kier molecular flexibility index (Phi) is 5.24. The summed E-state index contributed by atoms with van der Waals surface area (Å²) < 4.78 is 13.1. The molecule has 0 saturated carbocycles. The molecule has 1 aromatic heterocycles. The molecular weight excluding hydrogens is 308 g/mol. The van der Waals surface area contributed by atoms with Crippen LogP contribution in [0.25, 0.3) is 0 Å². The number of likely N-dealkylation sites (tertiary alicyclic amines) is 1. The molecule has 0 aromatic carbocycles. The zero-order valence-electron chi connectivity index (χ0n) is 15.1. The smallest absolute Gasteiger partial charge is 0.123 e. The highest BCUT2D eigenvalue weighted by Gasteiger charge is 2.41. The Morgan fingerprint density at radius 1 is 1.33 bits per heavy atom. The number of nitrogens with zero attached hydrogens (tertiary/aromatic N) is 4. The lowest BCUT2D eigenvalue weighted by Crippen LogP contribution is -2.54. The molecule has 2 aliphatic rings. The summed E-state index contributed by atoms with van der Waals surface area (Å²) in [4.78, 5) is 2.31. The second-order valence-electron chi connectivity index (χ2n) is 7.52. The summed E-state index contributed by atoms with van der Waals surface area (Å²) in [6, 6.07) is 0.244. The van der Waals surface area contributed by atoms with Crippen LogP contribution < -0.4 is 0 Å². The lowest BCUT2D eigenvalue weighted by atomic mass is 9.87. The van der Waals surface area contributed by atoms with E-state index in [1.54, 1.807) is 11.8 Å². The summed E-state index contributed by atoms with van der Waals surface area (Å²) in [5, 5.41) is 19.6. The fourth-order valence-electron chi connectivity index (χ4n) is 3.79. The van der Waals surface area contributed by atoms with Gasteiger partial charge in [-0.15, -0.1) is 5.10 Å². The van der Waals surface area contributed by atoms with E-state index < -0.39 is 5.60 Å². The first-order valence-corrected chi connectivity index (χ1v) is 8.96. The van der Waals surface area contributed by atoms with Crippen LogP contribution in [-0.4, -0.2) is 70.6 Å². The summed E-state index contributed by atoms with van der Waals surface area (Å²) >= 11 is 0. The standard InChI is InChI=1S/C17H30N4O3/c1-14(2)21-11-15(18-19-21)17(22)5-4-8-20(13-17)12-16(23-3)6-9-24-10-7-16/h11,14,22H,4-10,12-13H2,1-3H3/t17-/m1/s1. The molecule has 3 rings (SSSR count). The minimum Gasteiger partial charge on any atom is -0.382 e. The van der Waals surface area contributed by atoms with Gasteiger partial charge in [0.25, 0.3) is 0 Å². The molecule has 0 amide bonds. The van der Waals surface area contributed by atoms with Crippen LogP contribution in [0.15, 0.2) is 6.20 Å². The quantitative estimate of drug-likeness (QED) is 0.873. The summed E-state index contributed by atoms with van der Waals surface area (Å²) in [6.07, 6.45) is 5.36. The molecule has 7 heteroatoms. The molecule has 0 bridgehead atoms. The number of hydrogen-bond acceptors (Lipinski definition) is 6. The van der Waals surface area contributed by atoms with Gasteiger partial charge in [0.1, 0.15) is 11.3 Å². The minimum atomic E-state index is -0.925. The van der Waals surface area contributed by atoms with Gasteiger partial charge >= 0.3 is 0 Å². The predicted octanol–water partition coefficient (Wildman–Crippen LogP) is 1.34. The van der Waals surface area contributed by atoms with Crippen molar-refractivity contribution in [2.45, 2.75) is 56.8 Å². The monoisotopic (exact) mass is 338 g/mol. The van der Waals surface area contributed by atoms with Crippen molar-refractivity contribution >= 4 is 0 Å². The van der Waals surface area contributed by atoms with E-state index in [-0.39, 0.29) is 11.6 Å². The first-order valence-electron chi connectivity index (χ1n) is 8.96. The van der Waals surface area contributed by atoms with Gasteiger partial charge in [-0.05, 0) is 33.2 Å². The Labute approximate surface area is 143 Å². The number of rotatable bonds is 5. The maximum Gasteiger partial charge on any atom is 0.123 e. The fraction of sp³-hybridized carbons (Fsp3) is 0.882. The van der Waals surface area contributed by atoms with Gasteiger partial charge < -0.3 is 14.6 Å². The Morgan fingerprint density at radius 2 is 2.08 bits per heavy atom. The first kappa shape index (κ1) is 17.8. The molecule has 2 fully saturated rings. The molecule has 1 atom stereocenters. The third-order valence-electron chi connectivity index (χ3n) is 5.41. The molecule has 0 aliphatic carbocycles. The Balaban J connectivity index is 1.70. The van der Waals surface area contributed by atoms with Gasteiger partial charge in [-0.25, -0.2) is 4.68 Å². The van der Waals surface area contributed by atoms with Crippen LogP contribution in [0.3, 0.4) is 0 Å². The summed E-state index contributed by atoms with van der Waals surface area (Å²) in [6.45, 7) is 7.99. The van der Waals surface area contributed by atoms with Crippen LogP contribution >= 0.6 is 0 Å². The van der Waals surface area contributed by atoms with Crippen molar-refractivity contribution < 1.29 is 14.6 Å². The molecule has 3 heterocycles. The maximum absolute atomic E-state index is 11.2. The SMILES string of the molecule is COC1(CN2CCC[C@](O)(c3cn(C(C)C)nn3)C2)CCOCC1. The molecule has 2 aliphatic heterocycles. The van der Waals surface area contributed by atoms with Crippen LogP contribution in [0, 0.1) is 0 Å². The Hall–Kier alpha value is -1.02. The van der Waals surface area contributed by atoms with Gasteiger partial charge in [0.2, 0.25) is 0 Å². The molecule has 136 valence electrons. The van der Waals surface area contributed by atoms with Crippen molar-refractivity contribution in [2.75, 3.05) is 40.0 Å². The fourth-order valence-corrected chi connectivity index (χ4v) is 3.79. The molecule has 1 aromatic rings. The predicted molar refractivity (Wildman–Crippen MR) is 89.8 cm³/mol. The summed E-state index contributed by atoms with van der Waals surface area (Å²) in [7, 11) is 1.79. The van der Waals surface area contributed by atoms with Gasteiger partial charge in [0.05, 0.1) is 11.8 Å². The zero-order valence-corrected chi connectivity index (χ0v) is 15.1. The molecule has 1 N–H and O–H groups in total. The Bertz CT molecular complexity index is 542. The van der Waals surface area contributed by atoms with E-state index in [4.69, 9.17) is 9.47 Å². The van der Waals surface area contributed by atoms with Gasteiger partial charge in [0, 0.05) is 52.3 Å². The number of piperidine rings is 1. The number of aliphatic hydroxyl groups is 1. The maximum atomic E-state index is 11.2. The average molecular weight is 338 g/mol. The molecule has 7 nitrogen and oxygen atoms in total. The molecule has 0 unspecified atom stereocenters. The van der Waals surface area contributed by atoms with E-state index in [0.29, 0.717) is 12.2 Å². The number of methoxy groups -OCH3 is 1. The van der Waals surface area contributed by atoms with E-state index in [1.165, 1.54) is 0 Å². The highest BCUT2D eigenvalue weighted by atomic mass is 16.5. The van der Waals surface area contributed by atoms with Crippen molar-refractivity contribution in [3.8, 4) is 0 Å². The largest absolute Gasteiger partial charge is 0.382 e. The second kappa shape index (κ2) is 7.07. The molecule has 0 radical (unpaired) electrons. The van der Waals surface area contributed by atoms with Crippen molar-refractivity contribution in [1.82, 2.24) is 19.9 Å². The lowest BCUT2D eigenvalue weighted by Gasteiger charge is -2.44. The summed E-state index contributed by atoms with van der Waals surface area (Å²) in [5.74, 6) is 0. The number of aromatic nitrogens is 3. The second-order valence-corrected chi connectivity index (χ2v) is 7.52. The highest BCUT2D eigenvalue weighted by Crippen LogP contribution is 2.33. The third kappa shape index (κ3) is 3.64. The van der Waals surface area contributed by atoms with Crippen molar-refractivity contribution in [3.05, 3.63) is 11.9 Å².